The van der Waals surface area contributed by atoms with Gasteiger partial charge in [0.25, 0.3) is 0 Å². The van der Waals surface area contributed by atoms with E-state index in [-0.39, 0.29) is 18.8 Å². The lowest BCUT2D eigenvalue weighted by Gasteiger charge is -2.16. The first kappa shape index (κ1) is 16.6. The number of rotatable bonds is 6. The summed E-state index contributed by atoms with van der Waals surface area (Å²) in [6.07, 6.45) is -6.16. The summed E-state index contributed by atoms with van der Waals surface area (Å²) in [4.78, 5) is 12.0. The summed E-state index contributed by atoms with van der Waals surface area (Å²) in [5, 5.41) is 0. The van der Waals surface area contributed by atoms with Crippen molar-refractivity contribution in [3.63, 3.8) is 0 Å². The van der Waals surface area contributed by atoms with Gasteiger partial charge in [0.05, 0.1) is 5.56 Å². The molecule has 0 atom stereocenters. The number of Topliss-reactive ketones (excluding diaryl/α,β-unsaturated/α-hetero) is 1. The molecule has 0 aliphatic heterocycles. The predicted octanol–water partition coefficient (Wildman–Crippen LogP) is 3.43. The SMILES string of the molecule is CCOC(OCC)C(=O)c1ccc(F)c(C(F)(F)F)c1. The number of hydrogen-bond donors (Lipinski definition) is 0. The lowest BCUT2D eigenvalue weighted by molar-refractivity contribution is -0.140. The molecule has 0 saturated heterocycles. The van der Waals surface area contributed by atoms with Crippen LogP contribution >= 0.6 is 0 Å². The van der Waals surface area contributed by atoms with E-state index in [9.17, 15) is 22.4 Å². The van der Waals surface area contributed by atoms with Gasteiger partial charge >= 0.3 is 6.18 Å². The first-order valence-electron chi connectivity index (χ1n) is 5.95. The van der Waals surface area contributed by atoms with Crippen LogP contribution in [0.2, 0.25) is 0 Å². The molecule has 0 bridgehead atoms. The summed E-state index contributed by atoms with van der Waals surface area (Å²) in [6, 6.07) is 2.03. The Morgan fingerprint density at radius 1 is 1.20 bits per heavy atom. The topological polar surface area (TPSA) is 35.5 Å². The van der Waals surface area contributed by atoms with E-state index in [1.165, 1.54) is 0 Å². The van der Waals surface area contributed by atoms with Crippen LogP contribution in [0.15, 0.2) is 18.2 Å². The summed E-state index contributed by atoms with van der Waals surface area (Å²) in [5.74, 6) is -2.21. The van der Waals surface area contributed by atoms with Gasteiger partial charge in [-0.2, -0.15) is 13.2 Å². The lowest BCUT2D eigenvalue weighted by atomic mass is 10.1. The van der Waals surface area contributed by atoms with Gasteiger partial charge in [-0.15, -0.1) is 0 Å². The van der Waals surface area contributed by atoms with Crippen LogP contribution < -0.4 is 0 Å². The third-order valence-electron chi connectivity index (χ3n) is 2.41. The van der Waals surface area contributed by atoms with E-state index < -0.39 is 29.6 Å². The predicted molar refractivity (Wildman–Crippen MR) is 62.8 cm³/mol. The Hall–Kier alpha value is -1.47. The standard InChI is InChI=1S/C13H14F4O3/c1-3-19-12(20-4-2)11(18)8-5-6-10(14)9(7-8)13(15,16)17/h5-7,12H,3-4H2,1-2H3. The highest BCUT2D eigenvalue weighted by molar-refractivity contribution is 5.98. The zero-order valence-electron chi connectivity index (χ0n) is 11.0. The van der Waals surface area contributed by atoms with E-state index in [2.05, 4.69) is 0 Å². The van der Waals surface area contributed by atoms with E-state index in [1.807, 2.05) is 0 Å². The fourth-order valence-electron chi connectivity index (χ4n) is 1.53. The van der Waals surface area contributed by atoms with Crippen molar-refractivity contribution in [1.29, 1.82) is 0 Å². The summed E-state index contributed by atoms with van der Waals surface area (Å²) < 4.78 is 60.9. The summed E-state index contributed by atoms with van der Waals surface area (Å²) >= 11 is 0. The van der Waals surface area contributed by atoms with Crippen molar-refractivity contribution in [2.45, 2.75) is 26.3 Å². The number of ether oxygens (including phenoxy) is 2. The van der Waals surface area contributed by atoms with Gasteiger partial charge in [-0.05, 0) is 32.0 Å². The second-order valence-corrected chi connectivity index (χ2v) is 3.80. The Bertz CT molecular complexity index is 465. The van der Waals surface area contributed by atoms with E-state index >= 15 is 0 Å². The monoisotopic (exact) mass is 294 g/mol. The Balaban J connectivity index is 3.10. The maximum atomic E-state index is 13.1. The first-order valence-corrected chi connectivity index (χ1v) is 5.95. The maximum absolute atomic E-state index is 13.1. The molecular weight excluding hydrogens is 280 g/mol. The highest BCUT2D eigenvalue weighted by Gasteiger charge is 2.35. The third kappa shape index (κ3) is 4.01. The van der Waals surface area contributed by atoms with Gasteiger partial charge in [0.15, 0.2) is 0 Å². The average molecular weight is 294 g/mol. The Morgan fingerprint density at radius 2 is 1.75 bits per heavy atom. The van der Waals surface area contributed by atoms with Crippen molar-refractivity contribution in [1.82, 2.24) is 0 Å². The number of alkyl halides is 3. The quantitative estimate of drug-likeness (QED) is 0.458. The van der Waals surface area contributed by atoms with Gasteiger partial charge in [0.1, 0.15) is 5.82 Å². The Labute approximate surface area is 113 Å². The fourth-order valence-corrected chi connectivity index (χ4v) is 1.53. The van der Waals surface area contributed by atoms with E-state index in [0.29, 0.717) is 12.1 Å². The number of carbonyl (C=O) groups excluding carboxylic acids is 1. The first-order chi connectivity index (χ1) is 9.31. The number of benzene rings is 1. The van der Waals surface area contributed by atoms with Crippen molar-refractivity contribution in [2.24, 2.45) is 0 Å². The van der Waals surface area contributed by atoms with Crippen molar-refractivity contribution in [2.75, 3.05) is 13.2 Å². The van der Waals surface area contributed by atoms with Crippen molar-refractivity contribution in [3.05, 3.63) is 35.1 Å². The zero-order chi connectivity index (χ0) is 15.3. The molecule has 112 valence electrons. The van der Waals surface area contributed by atoms with E-state index in [4.69, 9.17) is 9.47 Å². The Morgan fingerprint density at radius 3 is 2.20 bits per heavy atom. The minimum Gasteiger partial charge on any atom is -0.346 e. The van der Waals surface area contributed by atoms with Crippen LogP contribution in [0, 0.1) is 5.82 Å². The molecule has 0 saturated carbocycles. The molecule has 3 nitrogen and oxygen atoms in total. The van der Waals surface area contributed by atoms with Crippen molar-refractivity contribution >= 4 is 5.78 Å². The molecule has 0 N–H and O–H groups in total. The summed E-state index contributed by atoms with van der Waals surface area (Å²) in [5.41, 5.74) is -1.80. The minimum atomic E-state index is -4.87. The molecule has 0 heterocycles. The van der Waals surface area contributed by atoms with Crippen LogP contribution in [0.4, 0.5) is 17.6 Å². The summed E-state index contributed by atoms with van der Waals surface area (Å²) in [7, 11) is 0. The van der Waals surface area contributed by atoms with Gasteiger partial charge in [-0.3, -0.25) is 4.79 Å². The van der Waals surface area contributed by atoms with Crippen LogP contribution in [-0.4, -0.2) is 25.3 Å². The maximum Gasteiger partial charge on any atom is 0.419 e. The molecule has 1 rings (SSSR count). The van der Waals surface area contributed by atoms with Gasteiger partial charge in [0, 0.05) is 18.8 Å². The van der Waals surface area contributed by atoms with Crippen LogP contribution in [0.1, 0.15) is 29.8 Å². The Kier molecular flexibility index (Phi) is 5.64. The molecule has 0 unspecified atom stereocenters. The molecule has 0 aromatic heterocycles. The number of carbonyl (C=O) groups is 1. The van der Waals surface area contributed by atoms with Gasteiger partial charge in [0.2, 0.25) is 12.1 Å². The number of ketones is 1. The second-order valence-electron chi connectivity index (χ2n) is 3.80. The molecular formula is C13H14F4O3. The lowest BCUT2D eigenvalue weighted by Crippen LogP contribution is -2.28. The fraction of sp³-hybridized carbons (Fsp3) is 0.462. The van der Waals surface area contributed by atoms with Crippen LogP contribution in [0.5, 0.6) is 0 Å². The number of hydrogen-bond acceptors (Lipinski definition) is 3. The van der Waals surface area contributed by atoms with Crippen LogP contribution in [-0.2, 0) is 15.7 Å². The van der Waals surface area contributed by atoms with Crippen molar-refractivity contribution in [3.8, 4) is 0 Å². The molecule has 0 radical (unpaired) electrons. The van der Waals surface area contributed by atoms with Crippen LogP contribution in [0.25, 0.3) is 0 Å². The normalized spacial score (nSPS) is 11.9. The van der Waals surface area contributed by atoms with Gasteiger partial charge in [-0.1, -0.05) is 0 Å². The summed E-state index contributed by atoms with van der Waals surface area (Å²) in [6.45, 7) is 3.55. The third-order valence-corrected chi connectivity index (χ3v) is 2.41. The highest BCUT2D eigenvalue weighted by Crippen LogP contribution is 2.32. The molecule has 0 amide bonds. The largest absolute Gasteiger partial charge is 0.419 e. The van der Waals surface area contributed by atoms with Gasteiger partial charge < -0.3 is 9.47 Å². The average Bonchev–Trinajstić information content (AvgIpc) is 2.37. The minimum absolute atomic E-state index is 0.156. The molecule has 7 heteroatoms. The highest BCUT2D eigenvalue weighted by atomic mass is 19.4. The van der Waals surface area contributed by atoms with E-state index in [0.717, 1.165) is 6.07 Å². The number of halogens is 4. The molecule has 0 aliphatic carbocycles. The van der Waals surface area contributed by atoms with Gasteiger partial charge in [-0.25, -0.2) is 4.39 Å². The molecule has 20 heavy (non-hydrogen) atoms. The van der Waals surface area contributed by atoms with Crippen molar-refractivity contribution < 1.29 is 31.8 Å². The van der Waals surface area contributed by atoms with E-state index in [1.54, 1.807) is 13.8 Å². The molecule has 0 aliphatic rings. The smallest absolute Gasteiger partial charge is 0.346 e. The van der Waals surface area contributed by atoms with Crippen LogP contribution in [0.3, 0.4) is 0 Å². The molecule has 1 aromatic rings. The molecule has 1 aromatic carbocycles. The molecule has 0 spiro atoms. The second kappa shape index (κ2) is 6.81. The zero-order valence-corrected chi connectivity index (χ0v) is 11.0. The molecule has 0 fully saturated rings.